The lowest BCUT2D eigenvalue weighted by atomic mass is 9.82. The molecule has 0 radical (unpaired) electrons. The molecule has 100 valence electrons. The van der Waals surface area contributed by atoms with Crippen molar-refractivity contribution in [3.63, 3.8) is 0 Å². The Morgan fingerprint density at radius 1 is 1.22 bits per heavy atom. The monoisotopic (exact) mass is 247 g/mol. The zero-order chi connectivity index (χ0) is 13.0. The molecule has 1 aromatic carbocycles. The fraction of sp³-hybridized carbons (Fsp3) is 0.625. The molecule has 0 bridgehead atoms. The number of aliphatic hydroxyl groups excluding tert-OH is 1. The van der Waals surface area contributed by atoms with Crippen molar-refractivity contribution in [1.29, 1.82) is 0 Å². The molecule has 0 saturated heterocycles. The maximum Gasteiger partial charge on any atom is 0.0537 e. The van der Waals surface area contributed by atoms with Crippen molar-refractivity contribution < 1.29 is 5.11 Å². The van der Waals surface area contributed by atoms with Crippen LogP contribution in [0.25, 0.3) is 0 Å². The topological polar surface area (TPSA) is 23.5 Å². The van der Waals surface area contributed by atoms with E-state index in [0.717, 1.165) is 6.54 Å². The molecule has 1 aliphatic rings. The summed E-state index contributed by atoms with van der Waals surface area (Å²) in [5, 5.41) is 9.80. The van der Waals surface area contributed by atoms with Crippen LogP contribution in [0.2, 0.25) is 0 Å². The molecule has 2 rings (SSSR count). The van der Waals surface area contributed by atoms with Gasteiger partial charge in [0.25, 0.3) is 0 Å². The quantitative estimate of drug-likeness (QED) is 0.865. The van der Waals surface area contributed by atoms with Gasteiger partial charge in [0.05, 0.1) is 6.61 Å². The minimum absolute atomic E-state index is 0.154. The van der Waals surface area contributed by atoms with Crippen molar-refractivity contribution in [3.8, 4) is 0 Å². The zero-order valence-electron chi connectivity index (χ0n) is 11.6. The van der Waals surface area contributed by atoms with Gasteiger partial charge >= 0.3 is 0 Å². The fourth-order valence-corrected chi connectivity index (χ4v) is 3.10. The molecule has 1 N–H and O–H groups in total. The molecule has 0 amide bonds. The average molecular weight is 247 g/mol. The van der Waals surface area contributed by atoms with Gasteiger partial charge in [0, 0.05) is 18.0 Å². The first-order valence-electron chi connectivity index (χ1n) is 7.02. The standard InChI is InChI=1S/C16H25NO/c1-16(13-18,14-8-4-3-5-9-14)12-17(2)15-10-6-7-11-15/h3-5,8-9,15,18H,6-7,10-13H2,1-2H3. The zero-order valence-corrected chi connectivity index (χ0v) is 11.6. The van der Waals surface area contributed by atoms with E-state index >= 15 is 0 Å². The van der Waals surface area contributed by atoms with Crippen molar-refractivity contribution in [2.24, 2.45) is 0 Å². The predicted molar refractivity (Wildman–Crippen MR) is 75.8 cm³/mol. The van der Waals surface area contributed by atoms with E-state index < -0.39 is 0 Å². The minimum Gasteiger partial charge on any atom is -0.395 e. The van der Waals surface area contributed by atoms with Gasteiger partial charge in [-0.25, -0.2) is 0 Å². The summed E-state index contributed by atoms with van der Waals surface area (Å²) < 4.78 is 0. The highest BCUT2D eigenvalue weighted by Gasteiger charge is 2.30. The molecule has 2 nitrogen and oxygen atoms in total. The van der Waals surface area contributed by atoms with Gasteiger partial charge in [-0.15, -0.1) is 0 Å². The van der Waals surface area contributed by atoms with E-state index in [9.17, 15) is 5.11 Å². The molecule has 0 aromatic heterocycles. The molecule has 0 spiro atoms. The maximum atomic E-state index is 9.80. The summed E-state index contributed by atoms with van der Waals surface area (Å²) in [6.07, 6.45) is 5.34. The Kier molecular flexibility index (Phi) is 4.41. The SMILES string of the molecule is CN(CC(C)(CO)c1ccccc1)C1CCCC1. The molecule has 1 atom stereocenters. The van der Waals surface area contributed by atoms with E-state index in [1.807, 2.05) is 6.07 Å². The number of nitrogens with zero attached hydrogens (tertiary/aromatic N) is 1. The van der Waals surface area contributed by atoms with Gasteiger partial charge in [0.1, 0.15) is 0 Å². The van der Waals surface area contributed by atoms with Gasteiger partial charge in [-0.3, -0.25) is 0 Å². The summed E-state index contributed by atoms with van der Waals surface area (Å²) in [7, 11) is 2.20. The summed E-state index contributed by atoms with van der Waals surface area (Å²) in [5.74, 6) is 0. The normalized spacial score (nSPS) is 20.2. The average Bonchev–Trinajstić information content (AvgIpc) is 2.93. The Balaban J connectivity index is 2.08. The smallest absolute Gasteiger partial charge is 0.0537 e. The first-order chi connectivity index (χ1) is 8.65. The highest BCUT2D eigenvalue weighted by molar-refractivity contribution is 5.25. The van der Waals surface area contributed by atoms with E-state index in [2.05, 4.69) is 43.1 Å². The van der Waals surface area contributed by atoms with Crippen LogP contribution in [0.1, 0.15) is 38.2 Å². The second-order valence-corrected chi connectivity index (χ2v) is 5.94. The maximum absolute atomic E-state index is 9.80. The second-order valence-electron chi connectivity index (χ2n) is 5.94. The van der Waals surface area contributed by atoms with Gasteiger partial charge in [-0.2, -0.15) is 0 Å². The van der Waals surface area contributed by atoms with Crippen LogP contribution >= 0.6 is 0 Å². The number of rotatable bonds is 5. The van der Waals surface area contributed by atoms with Crippen LogP contribution < -0.4 is 0 Å². The predicted octanol–water partition coefficient (Wildman–Crippen LogP) is 2.81. The number of benzene rings is 1. The van der Waals surface area contributed by atoms with Crippen LogP contribution in [0, 0.1) is 0 Å². The van der Waals surface area contributed by atoms with E-state index in [1.54, 1.807) is 0 Å². The van der Waals surface area contributed by atoms with Crippen molar-refractivity contribution in [2.75, 3.05) is 20.2 Å². The Morgan fingerprint density at radius 2 is 1.83 bits per heavy atom. The Bertz CT molecular complexity index is 359. The molecular formula is C16H25NO. The van der Waals surface area contributed by atoms with E-state index in [-0.39, 0.29) is 12.0 Å². The lowest BCUT2D eigenvalue weighted by Crippen LogP contribution is -2.43. The molecular weight excluding hydrogens is 222 g/mol. The Morgan fingerprint density at radius 3 is 2.39 bits per heavy atom. The number of hydrogen-bond donors (Lipinski definition) is 1. The lowest BCUT2D eigenvalue weighted by Gasteiger charge is -2.35. The highest BCUT2D eigenvalue weighted by Crippen LogP contribution is 2.28. The molecule has 1 unspecified atom stereocenters. The highest BCUT2D eigenvalue weighted by atomic mass is 16.3. The largest absolute Gasteiger partial charge is 0.395 e. The number of hydrogen-bond acceptors (Lipinski definition) is 2. The third-order valence-corrected chi connectivity index (χ3v) is 4.37. The van der Waals surface area contributed by atoms with Crippen LogP contribution in [0.3, 0.4) is 0 Å². The molecule has 1 aromatic rings. The third kappa shape index (κ3) is 2.93. The summed E-state index contributed by atoms with van der Waals surface area (Å²) >= 11 is 0. The van der Waals surface area contributed by atoms with Gasteiger partial charge < -0.3 is 10.0 Å². The third-order valence-electron chi connectivity index (χ3n) is 4.37. The van der Waals surface area contributed by atoms with E-state index in [0.29, 0.717) is 6.04 Å². The minimum atomic E-state index is -0.154. The van der Waals surface area contributed by atoms with Crippen LogP contribution in [-0.2, 0) is 5.41 Å². The summed E-state index contributed by atoms with van der Waals surface area (Å²) in [6, 6.07) is 11.1. The number of likely N-dealkylation sites (N-methyl/N-ethyl adjacent to an activating group) is 1. The first-order valence-corrected chi connectivity index (χ1v) is 7.02. The Labute approximate surface area is 111 Å². The summed E-state index contributed by atoms with van der Waals surface area (Å²) in [6.45, 7) is 3.29. The molecule has 1 aliphatic carbocycles. The van der Waals surface area contributed by atoms with Crippen molar-refractivity contribution in [2.45, 2.75) is 44.1 Å². The summed E-state index contributed by atoms with van der Waals surface area (Å²) in [5.41, 5.74) is 1.08. The number of aliphatic hydroxyl groups is 1. The Hall–Kier alpha value is -0.860. The molecule has 0 aliphatic heterocycles. The molecule has 0 heterocycles. The van der Waals surface area contributed by atoms with Gasteiger partial charge in [0.15, 0.2) is 0 Å². The fourth-order valence-electron chi connectivity index (χ4n) is 3.10. The van der Waals surface area contributed by atoms with Crippen LogP contribution in [0.5, 0.6) is 0 Å². The first kappa shape index (κ1) is 13.6. The van der Waals surface area contributed by atoms with Crippen LogP contribution in [0.4, 0.5) is 0 Å². The van der Waals surface area contributed by atoms with Crippen LogP contribution in [-0.4, -0.2) is 36.2 Å². The van der Waals surface area contributed by atoms with Crippen molar-refractivity contribution in [1.82, 2.24) is 4.90 Å². The molecule has 2 heteroatoms. The van der Waals surface area contributed by atoms with E-state index in [1.165, 1.54) is 31.2 Å². The molecule has 18 heavy (non-hydrogen) atoms. The van der Waals surface area contributed by atoms with Gasteiger partial charge in [-0.05, 0) is 25.5 Å². The van der Waals surface area contributed by atoms with Gasteiger partial charge in [0.2, 0.25) is 0 Å². The van der Waals surface area contributed by atoms with Gasteiger partial charge in [-0.1, -0.05) is 50.1 Å². The van der Waals surface area contributed by atoms with Crippen molar-refractivity contribution >= 4 is 0 Å². The lowest BCUT2D eigenvalue weighted by molar-refractivity contribution is 0.135. The summed E-state index contributed by atoms with van der Waals surface area (Å²) in [4.78, 5) is 2.44. The van der Waals surface area contributed by atoms with Crippen LogP contribution in [0.15, 0.2) is 30.3 Å². The second kappa shape index (κ2) is 5.85. The molecule has 1 fully saturated rings. The molecule has 1 saturated carbocycles. The van der Waals surface area contributed by atoms with E-state index in [4.69, 9.17) is 0 Å². The van der Waals surface area contributed by atoms with Crippen molar-refractivity contribution in [3.05, 3.63) is 35.9 Å².